The van der Waals surface area contributed by atoms with Crippen molar-refractivity contribution < 1.29 is 49.0 Å². The Morgan fingerprint density at radius 3 is 2.33 bits per heavy atom. The summed E-state index contributed by atoms with van der Waals surface area (Å²) in [5.74, 6) is -1.81. The van der Waals surface area contributed by atoms with Crippen molar-refractivity contribution in [3.05, 3.63) is 29.8 Å². The van der Waals surface area contributed by atoms with E-state index in [9.17, 15) is 30.0 Å². The highest BCUT2D eigenvalue weighted by Gasteiger charge is 2.50. The summed E-state index contributed by atoms with van der Waals surface area (Å²) in [7, 11) is 7.10. The van der Waals surface area contributed by atoms with Crippen molar-refractivity contribution in [2.24, 2.45) is 23.7 Å². The maximum atomic E-state index is 14.4. The van der Waals surface area contributed by atoms with Crippen LogP contribution in [0.2, 0.25) is 0 Å². The van der Waals surface area contributed by atoms with Gasteiger partial charge in [-0.3, -0.25) is 9.59 Å². The zero-order valence-corrected chi connectivity index (χ0v) is 35.7. The van der Waals surface area contributed by atoms with Gasteiger partial charge in [-0.05, 0) is 90.6 Å². The molecule has 2 amide bonds. The molecule has 0 saturated carbocycles. The average molecular weight is 780 g/mol. The monoisotopic (exact) mass is 780 g/mol. The van der Waals surface area contributed by atoms with Crippen LogP contribution in [0.5, 0.6) is 5.75 Å². The van der Waals surface area contributed by atoms with E-state index in [1.165, 1.54) is 7.11 Å². The lowest BCUT2D eigenvalue weighted by Crippen LogP contribution is -2.59. The molecule has 316 valence electrons. The quantitative estimate of drug-likeness (QED) is 0.210. The maximum Gasteiger partial charge on any atom is 0.225 e. The highest BCUT2D eigenvalue weighted by Crippen LogP contribution is 2.38. The molecule has 0 aromatic heterocycles. The Kier molecular flexibility index (Phi) is 17.0. The molecule has 2 heterocycles. The lowest BCUT2D eigenvalue weighted by molar-refractivity contribution is -0.301. The lowest BCUT2D eigenvalue weighted by Gasteiger charge is -2.48. The minimum absolute atomic E-state index is 0.0205. The Hall–Kier alpha value is -2.36. The number of hydrogen-bond donors (Lipinski definition) is 5. The summed E-state index contributed by atoms with van der Waals surface area (Å²) in [6.45, 7) is 17.2. The molecule has 2 aliphatic rings. The minimum atomic E-state index is -1.50. The van der Waals surface area contributed by atoms with Gasteiger partial charge in [0.1, 0.15) is 11.9 Å². The first kappa shape index (κ1) is 47.0. The Labute approximate surface area is 330 Å². The van der Waals surface area contributed by atoms with Crippen molar-refractivity contribution in [1.29, 1.82) is 0 Å². The molecule has 1 aromatic rings. The molecule has 13 nitrogen and oxygen atoms in total. The molecular weight excluding hydrogens is 706 g/mol. The first-order valence-corrected chi connectivity index (χ1v) is 20.1. The number of benzene rings is 1. The Balaban J connectivity index is 2.13. The molecule has 2 aliphatic heterocycles. The summed E-state index contributed by atoms with van der Waals surface area (Å²) >= 11 is 0. The molecule has 13 heteroatoms. The standard InChI is InChI=1S/C42H73N3O10/c1-24(2)17-33(44(10)11)36(48)28(6)54-39-26(4)37(55-35-22-42(9,52-13)38(49)29(7)53-35)27(5)40(50)43-31(18-30-15-14-16-32(46)19-30)20-34(47)45(12)23-25(3)21-41(39,8)51/h14-16,19,24-29,31,33,35-39,46,48-49,51H,17-18,20-23H2,1-13H3,(H,43,50)/t25-,26+,27?,28?,29+,31-,33+,35+,36+,37?,38+,39-,41?,42-/m1/s1. The van der Waals surface area contributed by atoms with Gasteiger partial charge in [0.05, 0.1) is 47.6 Å². The molecule has 0 radical (unpaired) electrons. The normalized spacial score (nSPS) is 36.3. The topological polar surface area (TPSA) is 170 Å². The van der Waals surface area contributed by atoms with E-state index in [1.807, 2.05) is 38.9 Å². The summed E-state index contributed by atoms with van der Waals surface area (Å²) < 4.78 is 25.6. The summed E-state index contributed by atoms with van der Waals surface area (Å²) in [6, 6.07) is 5.94. The van der Waals surface area contributed by atoms with Crippen LogP contribution in [0.3, 0.4) is 0 Å². The average Bonchev–Trinajstić information content (AvgIpc) is 3.08. The van der Waals surface area contributed by atoms with E-state index in [1.54, 1.807) is 64.8 Å². The van der Waals surface area contributed by atoms with Crippen LogP contribution in [-0.4, -0.2) is 143 Å². The molecule has 2 fully saturated rings. The van der Waals surface area contributed by atoms with Gasteiger partial charge in [-0.15, -0.1) is 0 Å². The Morgan fingerprint density at radius 2 is 1.75 bits per heavy atom. The number of methoxy groups -OCH3 is 1. The van der Waals surface area contributed by atoms with Crippen LogP contribution in [0.15, 0.2) is 24.3 Å². The number of carbonyl (C=O) groups excluding carboxylic acids is 2. The van der Waals surface area contributed by atoms with Crippen LogP contribution in [-0.2, 0) is 35.0 Å². The third-order valence-electron chi connectivity index (χ3n) is 11.8. The van der Waals surface area contributed by atoms with Crippen molar-refractivity contribution in [2.75, 3.05) is 34.8 Å². The summed E-state index contributed by atoms with van der Waals surface area (Å²) in [5, 5.41) is 48.5. The lowest BCUT2D eigenvalue weighted by atomic mass is 9.77. The van der Waals surface area contributed by atoms with Gasteiger partial charge in [-0.1, -0.05) is 46.8 Å². The van der Waals surface area contributed by atoms with E-state index in [0.29, 0.717) is 18.9 Å². The third kappa shape index (κ3) is 12.6. The molecule has 0 aliphatic carbocycles. The molecule has 5 N–H and O–H groups in total. The van der Waals surface area contributed by atoms with Crippen LogP contribution in [0.4, 0.5) is 0 Å². The first-order valence-electron chi connectivity index (χ1n) is 20.1. The number of aliphatic hydroxyl groups is 3. The largest absolute Gasteiger partial charge is 0.508 e. The highest BCUT2D eigenvalue weighted by molar-refractivity contribution is 5.81. The molecular formula is C42H73N3O10. The van der Waals surface area contributed by atoms with E-state index < -0.39 is 72.0 Å². The van der Waals surface area contributed by atoms with Crippen molar-refractivity contribution in [1.82, 2.24) is 15.1 Å². The zero-order valence-electron chi connectivity index (χ0n) is 35.7. The summed E-state index contributed by atoms with van der Waals surface area (Å²) in [6.07, 6.45) is -4.49. The number of aromatic hydroxyl groups is 1. The number of phenolic OH excluding ortho intramolecular Hbond substituents is 1. The van der Waals surface area contributed by atoms with Crippen molar-refractivity contribution in [3.63, 3.8) is 0 Å². The summed E-state index contributed by atoms with van der Waals surface area (Å²) in [4.78, 5) is 31.7. The Morgan fingerprint density at radius 1 is 1.09 bits per heavy atom. The van der Waals surface area contributed by atoms with E-state index in [-0.39, 0.29) is 48.8 Å². The van der Waals surface area contributed by atoms with Crippen LogP contribution < -0.4 is 5.32 Å². The SMILES string of the molecule is CO[C@]1(C)C[C@H](OC2C(C)C(=O)N[C@H](Cc3cccc(O)c3)CC(=O)N(C)C[C@H](C)CC(C)(O)[C@H](OC(C)[C@H](O)[C@H](CC(C)C)N(C)C)[C@H]2C)O[C@@H](C)[C@@H]1O. The maximum absolute atomic E-state index is 14.4. The van der Waals surface area contributed by atoms with E-state index in [0.717, 1.165) is 12.0 Å². The van der Waals surface area contributed by atoms with Gasteiger partial charge < -0.3 is 54.5 Å². The number of nitrogens with one attached hydrogen (secondary N) is 1. The second-order valence-corrected chi connectivity index (χ2v) is 17.8. The zero-order chi connectivity index (χ0) is 41.6. The van der Waals surface area contributed by atoms with Gasteiger partial charge in [0.15, 0.2) is 6.29 Å². The number of ether oxygens (including phenoxy) is 4. The molecule has 0 spiro atoms. The molecule has 4 unspecified atom stereocenters. The third-order valence-corrected chi connectivity index (χ3v) is 11.8. The van der Waals surface area contributed by atoms with Gasteiger partial charge in [0, 0.05) is 51.5 Å². The highest BCUT2D eigenvalue weighted by atomic mass is 16.7. The van der Waals surface area contributed by atoms with Crippen molar-refractivity contribution >= 4 is 11.8 Å². The Bertz CT molecular complexity index is 1380. The molecule has 0 bridgehead atoms. The number of phenols is 1. The van der Waals surface area contributed by atoms with E-state index >= 15 is 0 Å². The predicted molar refractivity (Wildman–Crippen MR) is 211 cm³/mol. The van der Waals surface area contributed by atoms with Gasteiger partial charge in [0.2, 0.25) is 11.8 Å². The first-order chi connectivity index (χ1) is 25.5. The molecule has 14 atom stereocenters. The van der Waals surface area contributed by atoms with Crippen LogP contribution in [0, 0.1) is 23.7 Å². The fourth-order valence-electron chi connectivity index (χ4n) is 8.69. The number of carbonyl (C=O) groups is 2. The van der Waals surface area contributed by atoms with Crippen molar-refractivity contribution in [3.8, 4) is 5.75 Å². The number of nitrogens with zero attached hydrogens (tertiary/aromatic N) is 2. The van der Waals surface area contributed by atoms with Crippen molar-refractivity contribution in [2.45, 2.75) is 161 Å². The van der Waals surface area contributed by atoms with Gasteiger partial charge in [0.25, 0.3) is 0 Å². The molecule has 1 aromatic carbocycles. The summed E-state index contributed by atoms with van der Waals surface area (Å²) in [5.41, 5.74) is -1.73. The molecule has 55 heavy (non-hydrogen) atoms. The van der Waals surface area contributed by atoms with Gasteiger partial charge >= 0.3 is 0 Å². The van der Waals surface area contributed by atoms with E-state index in [2.05, 4.69) is 19.2 Å². The number of rotatable bonds is 12. The number of amides is 2. The minimum Gasteiger partial charge on any atom is -0.508 e. The second-order valence-electron chi connectivity index (χ2n) is 17.8. The second kappa shape index (κ2) is 19.9. The smallest absolute Gasteiger partial charge is 0.225 e. The predicted octanol–water partition coefficient (Wildman–Crippen LogP) is 3.73. The number of aliphatic hydroxyl groups excluding tert-OH is 2. The van der Waals surface area contributed by atoms with E-state index in [4.69, 9.17) is 18.9 Å². The molecule has 2 saturated heterocycles. The molecule has 3 rings (SSSR count). The van der Waals surface area contributed by atoms with Gasteiger partial charge in [-0.2, -0.15) is 0 Å². The van der Waals surface area contributed by atoms with Gasteiger partial charge in [-0.25, -0.2) is 0 Å². The number of hydrogen-bond acceptors (Lipinski definition) is 11. The fourth-order valence-corrected chi connectivity index (χ4v) is 8.69. The number of likely N-dealkylation sites (N-methyl/N-ethyl adjacent to an activating group) is 1. The van der Waals surface area contributed by atoms with Crippen LogP contribution >= 0.6 is 0 Å². The van der Waals surface area contributed by atoms with Crippen LogP contribution in [0.1, 0.15) is 93.6 Å². The fraction of sp³-hybridized carbons (Fsp3) is 0.810. The van der Waals surface area contributed by atoms with Crippen LogP contribution in [0.25, 0.3) is 0 Å².